The number of rotatable bonds is 5. The second kappa shape index (κ2) is 8.74. The second-order valence-electron chi connectivity index (χ2n) is 6.76. The van der Waals surface area contributed by atoms with Crippen LogP contribution in [0.25, 0.3) is 6.08 Å². The SMILES string of the molecule is Cc1ccccc1C1=N/C(=C\c2cccc(OCc3ccc(Cl)c(Cl)c3)c2)C(=O)O1. The minimum atomic E-state index is -0.476. The van der Waals surface area contributed by atoms with E-state index in [1.165, 1.54) is 0 Å². The number of halogens is 2. The molecule has 0 N–H and O–H groups in total. The van der Waals surface area contributed by atoms with Gasteiger partial charge >= 0.3 is 5.97 Å². The predicted octanol–water partition coefficient (Wildman–Crippen LogP) is 6.23. The van der Waals surface area contributed by atoms with Gasteiger partial charge in [-0.15, -0.1) is 0 Å². The molecule has 0 aliphatic carbocycles. The lowest BCUT2D eigenvalue weighted by Crippen LogP contribution is -2.06. The van der Waals surface area contributed by atoms with Crippen molar-refractivity contribution < 1.29 is 14.3 Å². The molecule has 0 aromatic heterocycles. The summed E-state index contributed by atoms with van der Waals surface area (Å²) in [6.07, 6.45) is 1.68. The quantitative estimate of drug-likeness (QED) is 0.351. The largest absolute Gasteiger partial charge is 0.489 e. The number of nitrogens with zero attached hydrogens (tertiary/aromatic N) is 1. The molecule has 1 heterocycles. The van der Waals surface area contributed by atoms with Crippen LogP contribution in [0.15, 0.2) is 77.4 Å². The van der Waals surface area contributed by atoms with Gasteiger partial charge in [0.15, 0.2) is 5.70 Å². The van der Waals surface area contributed by atoms with Crippen molar-refractivity contribution >= 4 is 41.1 Å². The maximum atomic E-state index is 12.3. The van der Waals surface area contributed by atoms with Crippen molar-refractivity contribution in [3.05, 3.63) is 105 Å². The average Bonchev–Trinajstić information content (AvgIpc) is 3.09. The summed E-state index contributed by atoms with van der Waals surface area (Å²) in [4.78, 5) is 16.6. The molecular formula is C24H17Cl2NO3. The highest BCUT2D eigenvalue weighted by Gasteiger charge is 2.24. The molecule has 0 unspecified atom stereocenters. The van der Waals surface area contributed by atoms with E-state index in [9.17, 15) is 4.79 Å². The summed E-state index contributed by atoms with van der Waals surface area (Å²) in [7, 11) is 0. The van der Waals surface area contributed by atoms with E-state index in [2.05, 4.69) is 4.99 Å². The van der Waals surface area contributed by atoms with Gasteiger partial charge in [0, 0.05) is 5.56 Å². The molecule has 150 valence electrons. The van der Waals surface area contributed by atoms with Crippen LogP contribution in [-0.2, 0) is 16.1 Å². The lowest BCUT2D eigenvalue weighted by molar-refractivity contribution is -0.129. The Labute approximate surface area is 184 Å². The molecule has 1 aliphatic rings. The summed E-state index contributed by atoms with van der Waals surface area (Å²) in [5, 5.41) is 0.987. The van der Waals surface area contributed by atoms with E-state index in [4.69, 9.17) is 32.7 Å². The molecule has 0 fully saturated rings. The molecule has 4 nitrogen and oxygen atoms in total. The second-order valence-corrected chi connectivity index (χ2v) is 7.58. The lowest BCUT2D eigenvalue weighted by Gasteiger charge is -2.08. The first-order valence-electron chi connectivity index (χ1n) is 9.25. The summed E-state index contributed by atoms with van der Waals surface area (Å²) >= 11 is 12.0. The van der Waals surface area contributed by atoms with Gasteiger partial charge in [-0.1, -0.05) is 59.6 Å². The van der Waals surface area contributed by atoms with Crippen LogP contribution in [0.4, 0.5) is 0 Å². The molecule has 0 amide bonds. The third-order valence-electron chi connectivity index (χ3n) is 4.55. The van der Waals surface area contributed by atoms with Gasteiger partial charge in [-0.2, -0.15) is 0 Å². The molecular weight excluding hydrogens is 421 g/mol. The topological polar surface area (TPSA) is 47.9 Å². The van der Waals surface area contributed by atoms with Crippen molar-refractivity contribution in [2.45, 2.75) is 13.5 Å². The smallest absolute Gasteiger partial charge is 0.363 e. The van der Waals surface area contributed by atoms with Crippen LogP contribution in [0.5, 0.6) is 5.75 Å². The fourth-order valence-corrected chi connectivity index (χ4v) is 3.31. The van der Waals surface area contributed by atoms with Crippen molar-refractivity contribution in [2.24, 2.45) is 4.99 Å². The van der Waals surface area contributed by atoms with Crippen LogP contribution in [0.2, 0.25) is 10.0 Å². The highest BCUT2D eigenvalue weighted by Crippen LogP contribution is 2.25. The van der Waals surface area contributed by atoms with Crippen molar-refractivity contribution in [1.82, 2.24) is 0 Å². The van der Waals surface area contributed by atoms with E-state index in [0.29, 0.717) is 28.3 Å². The number of cyclic esters (lactones) is 1. The van der Waals surface area contributed by atoms with E-state index in [-0.39, 0.29) is 5.70 Å². The van der Waals surface area contributed by atoms with E-state index in [0.717, 1.165) is 22.3 Å². The fraction of sp³-hybridized carbons (Fsp3) is 0.0833. The van der Waals surface area contributed by atoms with E-state index in [1.807, 2.05) is 61.5 Å². The van der Waals surface area contributed by atoms with Gasteiger partial charge in [-0.3, -0.25) is 0 Å². The van der Waals surface area contributed by atoms with Gasteiger partial charge in [0.1, 0.15) is 12.4 Å². The number of carbonyl (C=O) groups excluding carboxylic acids is 1. The lowest BCUT2D eigenvalue weighted by atomic mass is 10.1. The third-order valence-corrected chi connectivity index (χ3v) is 5.29. The Morgan fingerprint density at radius 1 is 1.00 bits per heavy atom. The number of carbonyl (C=O) groups is 1. The summed E-state index contributed by atoms with van der Waals surface area (Å²) in [5.74, 6) is 0.497. The number of hydrogen-bond acceptors (Lipinski definition) is 4. The van der Waals surface area contributed by atoms with E-state index < -0.39 is 5.97 Å². The summed E-state index contributed by atoms with van der Waals surface area (Å²) in [6, 6.07) is 20.4. The maximum absolute atomic E-state index is 12.3. The molecule has 3 aromatic carbocycles. The number of ether oxygens (including phenoxy) is 2. The van der Waals surface area contributed by atoms with Crippen molar-refractivity contribution in [3.8, 4) is 5.75 Å². The molecule has 30 heavy (non-hydrogen) atoms. The van der Waals surface area contributed by atoms with Crippen LogP contribution >= 0.6 is 23.2 Å². The van der Waals surface area contributed by atoms with Gasteiger partial charge in [0.2, 0.25) is 5.90 Å². The number of aliphatic imine (C=N–C) groups is 1. The fourth-order valence-electron chi connectivity index (χ4n) is 2.99. The molecule has 1 aliphatic heterocycles. The zero-order valence-electron chi connectivity index (χ0n) is 16.1. The standard InChI is InChI=1S/C24H17Cl2NO3/c1-15-5-2-3-8-19(15)23-27-22(24(28)30-23)13-16-6-4-7-18(11-16)29-14-17-9-10-20(25)21(26)12-17/h2-13H,14H2,1H3/b22-13-. The minimum absolute atomic E-state index is 0.245. The maximum Gasteiger partial charge on any atom is 0.363 e. The van der Waals surface area contributed by atoms with Crippen LogP contribution in [0, 0.1) is 6.92 Å². The van der Waals surface area contributed by atoms with Gasteiger partial charge in [-0.25, -0.2) is 9.79 Å². The Bertz CT molecular complexity index is 1180. The summed E-state index contributed by atoms with van der Waals surface area (Å²) in [5.41, 5.74) is 3.72. The first-order valence-corrected chi connectivity index (χ1v) is 10.0. The summed E-state index contributed by atoms with van der Waals surface area (Å²) < 4.78 is 11.2. The number of benzene rings is 3. The molecule has 3 aromatic rings. The Balaban J connectivity index is 1.52. The van der Waals surface area contributed by atoms with E-state index >= 15 is 0 Å². The highest BCUT2D eigenvalue weighted by molar-refractivity contribution is 6.42. The Kier molecular flexibility index (Phi) is 5.88. The van der Waals surface area contributed by atoms with Crippen LogP contribution in [0.1, 0.15) is 22.3 Å². The zero-order chi connectivity index (χ0) is 21.1. The zero-order valence-corrected chi connectivity index (χ0v) is 17.6. The number of hydrogen-bond donors (Lipinski definition) is 0. The molecule has 0 atom stereocenters. The third kappa shape index (κ3) is 4.56. The first kappa shape index (κ1) is 20.2. The number of aryl methyl sites for hydroxylation is 1. The molecule has 4 rings (SSSR count). The minimum Gasteiger partial charge on any atom is -0.489 e. The van der Waals surface area contributed by atoms with Crippen LogP contribution in [-0.4, -0.2) is 11.9 Å². The summed E-state index contributed by atoms with van der Waals surface area (Å²) in [6.45, 7) is 2.29. The van der Waals surface area contributed by atoms with Gasteiger partial charge in [0.25, 0.3) is 0 Å². The van der Waals surface area contributed by atoms with Crippen molar-refractivity contribution in [2.75, 3.05) is 0 Å². The normalized spacial score (nSPS) is 14.6. The Morgan fingerprint density at radius 2 is 1.83 bits per heavy atom. The van der Waals surface area contributed by atoms with Crippen LogP contribution in [0.3, 0.4) is 0 Å². The Hall–Kier alpha value is -3.08. The van der Waals surface area contributed by atoms with Crippen molar-refractivity contribution in [3.63, 3.8) is 0 Å². The molecule has 0 spiro atoms. The monoisotopic (exact) mass is 437 g/mol. The van der Waals surface area contributed by atoms with Gasteiger partial charge < -0.3 is 9.47 Å². The molecule has 0 bridgehead atoms. The Morgan fingerprint density at radius 3 is 2.63 bits per heavy atom. The number of esters is 1. The average molecular weight is 438 g/mol. The highest BCUT2D eigenvalue weighted by atomic mass is 35.5. The molecule has 0 saturated carbocycles. The van der Waals surface area contributed by atoms with E-state index in [1.54, 1.807) is 18.2 Å². The first-order chi connectivity index (χ1) is 14.5. The van der Waals surface area contributed by atoms with Crippen molar-refractivity contribution in [1.29, 1.82) is 0 Å². The van der Waals surface area contributed by atoms with Gasteiger partial charge in [-0.05, 0) is 60.0 Å². The van der Waals surface area contributed by atoms with Crippen LogP contribution < -0.4 is 4.74 Å². The molecule has 6 heteroatoms. The predicted molar refractivity (Wildman–Crippen MR) is 119 cm³/mol. The molecule has 0 saturated heterocycles. The molecule has 0 radical (unpaired) electrons. The van der Waals surface area contributed by atoms with Gasteiger partial charge in [0.05, 0.1) is 10.0 Å².